The van der Waals surface area contributed by atoms with Crippen LogP contribution in [0.1, 0.15) is 63.9 Å². The lowest BCUT2D eigenvalue weighted by Gasteiger charge is -2.35. The minimum Gasteiger partial charge on any atom is -0.378 e. The summed E-state index contributed by atoms with van der Waals surface area (Å²) in [7, 11) is 0. The van der Waals surface area contributed by atoms with Crippen LogP contribution in [0.15, 0.2) is 36.4 Å². The van der Waals surface area contributed by atoms with E-state index in [2.05, 4.69) is 13.0 Å². The molecule has 3 unspecified atom stereocenters. The third kappa shape index (κ3) is 5.09. The number of unbranched alkanes of at least 4 members (excludes halogenated alkanes) is 1. The molecule has 0 saturated carbocycles. The summed E-state index contributed by atoms with van der Waals surface area (Å²) in [5, 5.41) is 0. The summed E-state index contributed by atoms with van der Waals surface area (Å²) in [6.45, 7) is 3.09. The summed E-state index contributed by atoms with van der Waals surface area (Å²) in [6.07, 6.45) is 11.4. The first-order chi connectivity index (χ1) is 15.5. The molecule has 2 aromatic carbocycles. The van der Waals surface area contributed by atoms with Gasteiger partial charge in [0.05, 0.1) is 6.10 Å². The second-order valence-electron chi connectivity index (χ2n) is 9.17. The number of allylic oxidation sites excluding steroid dienone is 2. The van der Waals surface area contributed by atoms with Crippen LogP contribution in [-0.2, 0) is 4.74 Å². The molecule has 3 atom stereocenters. The number of ether oxygens (including phenoxy) is 1. The molecule has 2 aliphatic rings. The van der Waals surface area contributed by atoms with Crippen LogP contribution in [0.3, 0.4) is 0 Å². The first-order valence-corrected chi connectivity index (χ1v) is 11.7. The van der Waals surface area contributed by atoms with E-state index in [0.717, 1.165) is 55.6 Å². The topological polar surface area (TPSA) is 9.23 Å². The van der Waals surface area contributed by atoms with Crippen LogP contribution in [0.25, 0.3) is 16.7 Å². The zero-order chi connectivity index (χ0) is 22.7. The second kappa shape index (κ2) is 10.2. The summed E-state index contributed by atoms with van der Waals surface area (Å²) < 4.78 is 61.2. The Balaban J connectivity index is 1.40. The lowest BCUT2D eigenvalue weighted by atomic mass is 9.80. The van der Waals surface area contributed by atoms with Gasteiger partial charge in [-0.1, -0.05) is 38.0 Å². The van der Waals surface area contributed by atoms with Gasteiger partial charge in [-0.05, 0) is 85.3 Å². The standard InChI is InChI=1S/C27H30F4O/c1-2-3-4-17-5-12-26(32-16-17)19-8-6-18(7-9-19)20-10-11-22(23(28)13-20)21-14-24(29)27(31)25(30)15-21/h6,10-11,13-15,17,19,26H,2-5,7-9,12,16H2,1H3. The highest BCUT2D eigenvalue weighted by Crippen LogP contribution is 2.38. The molecule has 32 heavy (non-hydrogen) atoms. The summed E-state index contributed by atoms with van der Waals surface area (Å²) in [6, 6.07) is 6.30. The Kier molecular flexibility index (Phi) is 7.34. The number of hydrogen-bond acceptors (Lipinski definition) is 1. The number of halogens is 4. The Morgan fingerprint density at radius 1 is 0.906 bits per heavy atom. The molecule has 1 aliphatic heterocycles. The van der Waals surface area contributed by atoms with Gasteiger partial charge < -0.3 is 4.74 Å². The molecule has 4 rings (SSSR count). The Morgan fingerprint density at radius 2 is 1.66 bits per heavy atom. The highest BCUT2D eigenvalue weighted by atomic mass is 19.2. The van der Waals surface area contributed by atoms with Gasteiger partial charge in [0.25, 0.3) is 0 Å². The minimum atomic E-state index is -1.55. The minimum absolute atomic E-state index is 0.0187. The molecule has 172 valence electrons. The molecular weight excluding hydrogens is 416 g/mol. The van der Waals surface area contributed by atoms with Crippen LogP contribution in [0.5, 0.6) is 0 Å². The van der Waals surface area contributed by atoms with Crippen molar-refractivity contribution in [3.63, 3.8) is 0 Å². The predicted octanol–water partition coefficient (Wildman–Crippen LogP) is 8.08. The fourth-order valence-corrected chi connectivity index (χ4v) is 5.03. The number of benzene rings is 2. The molecule has 1 nitrogen and oxygen atoms in total. The van der Waals surface area contributed by atoms with Crippen LogP contribution in [-0.4, -0.2) is 12.7 Å². The fourth-order valence-electron chi connectivity index (χ4n) is 5.03. The van der Waals surface area contributed by atoms with E-state index in [1.165, 1.54) is 37.8 Å². The molecule has 0 N–H and O–H groups in total. The van der Waals surface area contributed by atoms with Gasteiger partial charge >= 0.3 is 0 Å². The Hall–Kier alpha value is -2.14. The van der Waals surface area contributed by atoms with Crippen molar-refractivity contribution >= 4 is 5.57 Å². The third-order valence-electron chi connectivity index (χ3n) is 6.98. The number of hydrogen-bond donors (Lipinski definition) is 0. The van der Waals surface area contributed by atoms with Crippen LogP contribution in [0.2, 0.25) is 0 Å². The summed E-state index contributed by atoms with van der Waals surface area (Å²) in [5.74, 6) is -3.58. The van der Waals surface area contributed by atoms with Gasteiger partial charge in [0.1, 0.15) is 5.82 Å². The molecule has 0 amide bonds. The van der Waals surface area contributed by atoms with Crippen molar-refractivity contribution in [2.24, 2.45) is 11.8 Å². The first-order valence-electron chi connectivity index (χ1n) is 11.7. The van der Waals surface area contributed by atoms with E-state index in [1.807, 2.05) is 0 Å². The van der Waals surface area contributed by atoms with E-state index in [-0.39, 0.29) is 11.1 Å². The maximum atomic E-state index is 14.8. The van der Waals surface area contributed by atoms with Gasteiger partial charge in [0, 0.05) is 12.2 Å². The van der Waals surface area contributed by atoms with E-state index < -0.39 is 23.3 Å². The van der Waals surface area contributed by atoms with Crippen molar-refractivity contribution < 1.29 is 22.3 Å². The van der Waals surface area contributed by atoms with Crippen molar-refractivity contribution in [3.8, 4) is 11.1 Å². The van der Waals surface area contributed by atoms with Crippen molar-refractivity contribution in [2.45, 2.75) is 64.4 Å². The van der Waals surface area contributed by atoms with Gasteiger partial charge in [-0.2, -0.15) is 0 Å². The molecule has 5 heteroatoms. The van der Waals surface area contributed by atoms with Crippen molar-refractivity contribution in [1.82, 2.24) is 0 Å². The van der Waals surface area contributed by atoms with E-state index >= 15 is 0 Å². The summed E-state index contributed by atoms with van der Waals surface area (Å²) in [4.78, 5) is 0. The fraction of sp³-hybridized carbons (Fsp3) is 0.481. The molecule has 0 aromatic heterocycles. The SMILES string of the molecule is CCCCC1CCC(C2CC=C(c3ccc(-c4cc(F)c(F)c(F)c4)c(F)c3)CC2)OC1. The number of rotatable bonds is 6. The molecule has 0 radical (unpaired) electrons. The van der Waals surface area contributed by atoms with Crippen molar-refractivity contribution in [3.05, 3.63) is 65.2 Å². The predicted molar refractivity (Wildman–Crippen MR) is 119 cm³/mol. The van der Waals surface area contributed by atoms with Gasteiger partial charge in [0.2, 0.25) is 0 Å². The highest BCUT2D eigenvalue weighted by Gasteiger charge is 2.29. The normalized spacial score (nSPS) is 23.8. The Labute approximate surface area is 187 Å². The van der Waals surface area contributed by atoms with E-state index in [0.29, 0.717) is 17.9 Å². The molecule has 1 heterocycles. The molecule has 0 bridgehead atoms. The van der Waals surface area contributed by atoms with Gasteiger partial charge in [-0.25, -0.2) is 17.6 Å². The largest absolute Gasteiger partial charge is 0.378 e. The quantitative estimate of drug-likeness (QED) is 0.322. The van der Waals surface area contributed by atoms with E-state index in [9.17, 15) is 17.6 Å². The average molecular weight is 447 g/mol. The first kappa shape index (κ1) is 23.0. The molecule has 1 aliphatic carbocycles. The molecule has 0 spiro atoms. The summed E-state index contributed by atoms with van der Waals surface area (Å²) >= 11 is 0. The van der Waals surface area contributed by atoms with Gasteiger partial charge in [-0.3, -0.25) is 0 Å². The lowest BCUT2D eigenvalue weighted by molar-refractivity contribution is -0.0507. The molecule has 1 fully saturated rings. The maximum Gasteiger partial charge on any atom is 0.194 e. The second-order valence-corrected chi connectivity index (χ2v) is 9.17. The average Bonchev–Trinajstić information content (AvgIpc) is 2.81. The third-order valence-corrected chi connectivity index (χ3v) is 6.98. The Bertz CT molecular complexity index is 953. The van der Waals surface area contributed by atoms with Crippen LogP contribution >= 0.6 is 0 Å². The summed E-state index contributed by atoms with van der Waals surface area (Å²) in [5.41, 5.74) is 1.89. The van der Waals surface area contributed by atoms with Crippen LogP contribution in [0, 0.1) is 35.1 Å². The molecule has 1 saturated heterocycles. The Morgan fingerprint density at radius 3 is 2.25 bits per heavy atom. The van der Waals surface area contributed by atoms with Gasteiger partial charge in [0.15, 0.2) is 17.5 Å². The zero-order valence-corrected chi connectivity index (χ0v) is 18.5. The molecular formula is C27H30F4O. The van der Waals surface area contributed by atoms with Gasteiger partial charge in [-0.15, -0.1) is 0 Å². The van der Waals surface area contributed by atoms with Crippen LogP contribution in [0.4, 0.5) is 17.6 Å². The maximum absolute atomic E-state index is 14.8. The lowest BCUT2D eigenvalue weighted by Crippen LogP contribution is -2.32. The van der Waals surface area contributed by atoms with E-state index in [4.69, 9.17) is 4.74 Å². The highest BCUT2D eigenvalue weighted by molar-refractivity contribution is 5.71. The monoisotopic (exact) mass is 446 g/mol. The van der Waals surface area contributed by atoms with Crippen LogP contribution < -0.4 is 0 Å². The zero-order valence-electron chi connectivity index (χ0n) is 18.5. The van der Waals surface area contributed by atoms with Crippen molar-refractivity contribution in [2.75, 3.05) is 6.61 Å². The molecule has 2 aromatic rings. The smallest absolute Gasteiger partial charge is 0.194 e. The van der Waals surface area contributed by atoms with E-state index in [1.54, 1.807) is 6.07 Å². The van der Waals surface area contributed by atoms with Crippen molar-refractivity contribution in [1.29, 1.82) is 0 Å².